The molecule has 2 aromatic rings. The zero-order valence-corrected chi connectivity index (χ0v) is 19.2. The number of carbonyl (C=O) groups excluding carboxylic acids is 1. The molecule has 29 heavy (non-hydrogen) atoms. The van der Waals surface area contributed by atoms with Crippen LogP contribution >= 0.6 is 11.8 Å². The molecule has 2 aromatic carbocycles. The number of hydrogen-bond acceptors (Lipinski definition) is 3. The standard InChI is InChI=1S/C25H36NO2S/c1-5-8-21-29-25(22-15-11-9-12-16-22,23-17-13-10-14-18-23)24(27)28-20-19-26(4,6-2)7-3/h9-18H,5-8,19-21H2,1-4H3/q+1. The molecular formula is C25H36NO2S+. The van der Waals surface area contributed by atoms with Gasteiger partial charge in [0.05, 0.1) is 20.1 Å². The van der Waals surface area contributed by atoms with Crippen molar-refractivity contribution in [3.63, 3.8) is 0 Å². The molecule has 3 nitrogen and oxygen atoms in total. The van der Waals surface area contributed by atoms with Crippen molar-refractivity contribution in [3.8, 4) is 0 Å². The summed E-state index contributed by atoms with van der Waals surface area (Å²) in [7, 11) is 2.21. The monoisotopic (exact) mass is 414 g/mol. The van der Waals surface area contributed by atoms with Crippen LogP contribution in [0.5, 0.6) is 0 Å². The highest BCUT2D eigenvalue weighted by Gasteiger charge is 2.44. The van der Waals surface area contributed by atoms with Gasteiger partial charge >= 0.3 is 5.97 Å². The number of carbonyl (C=O) groups is 1. The number of ether oxygens (including phenoxy) is 1. The Morgan fingerprint density at radius 1 is 0.931 bits per heavy atom. The van der Waals surface area contributed by atoms with Crippen molar-refractivity contribution in [1.82, 2.24) is 0 Å². The van der Waals surface area contributed by atoms with Crippen LogP contribution in [0.2, 0.25) is 0 Å². The first-order valence-electron chi connectivity index (χ1n) is 10.8. The Balaban J connectivity index is 2.38. The quantitative estimate of drug-likeness (QED) is 0.261. The Bertz CT molecular complexity index is 690. The SMILES string of the molecule is CCCCSC(C(=O)OCC[N+](C)(CC)CC)(c1ccccc1)c1ccccc1. The normalized spacial score (nSPS) is 12.0. The van der Waals surface area contributed by atoms with E-state index in [9.17, 15) is 4.79 Å². The van der Waals surface area contributed by atoms with Gasteiger partial charge in [-0.3, -0.25) is 0 Å². The second-order valence-corrected chi connectivity index (χ2v) is 9.04. The van der Waals surface area contributed by atoms with E-state index in [0.29, 0.717) is 6.61 Å². The fourth-order valence-corrected chi connectivity index (χ4v) is 4.86. The molecule has 2 rings (SSSR count). The summed E-state index contributed by atoms with van der Waals surface area (Å²) in [5.41, 5.74) is 1.97. The number of thioether (sulfide) groups is 1. The van der Waals surface area contributed by atoms with Crippen molar-refractivity contribution in [1.29, 1.82) is 0 Å². The van der Waals surface area contributed by atoms with Crippen LogP contribution in [0.15, 0.2) is 60.7 Å². The van der Waals surface area contributed by atoms with Crippen LogP contribution in [0, 0.1) is 0 Å². The molecule has 0 aliphatic heterocycles. The highest BCUT2D eigenvalue weighted by atomic mass is 32.2. The van der Waals surface area contributed by atoms with Crippen LogP contribution in [0.3, 0.4) is 0 Å². The molecule has 0 saturated carbocycles. The largest absolute Gasteiger partial charge is 0.458 e. The highest BCUT2D eigenvalue weighted by Crippen LogP contribution is 2.44. The summed E-state index contributed by atoms with van der Waals surface area (Å²) >= 11 is 1.70. The lowest BCUT2D eigenvalue weighted by Gasteiger charge is -2.34. The Hall–Kier alpha value is -1.78. The van der Waals surface area contributed by atoms with E-state index in [1.807, 2.05) is 60.7 Å². The van der Waals surface area contributed by atoms with E-state index in [-0.39, 0.29) is 5.97 Å². The van der Waals surface area contributed by atoms with E-state index >= 15 is 0 Å². The predicted octanol–water partition coefficient (Wildman–Crippen LogP) is 5.49. The molecule has 0 atom stereocenters. The molecule has 0 spiro atoms. The van der Waals surface area contributed by atoms with Crippen LogP contribution in [0.1, 0.15) is 44.7 Å². The van der Waals surface area contributed by atoms with Crippen molar-refractivity contribution in [2.75, 3.05) is 39.0 Å². The predicted molar refractivity (Wildman–Crippen MR) is 124 cm³/mol. The number of likely N-dealkylation sites (N-methyl/N-ethyl adjacent to an activating group) is 1. The first kappa shape index (κ1) is 23.5. The fourth-order valence-electron chi connectivity index (χ4n) is 3.34. The third-order valence-corrected chi connectivity index (χ3v) is 7.42. The molecule has 0 unspecified atom stereocenters. The smallest absolute Gasteiger partial charge is 0.331 e. The molecule has 0 saturated heterocycles. The van der Waals surface area contributed by atoms with Gasteiger partial charge in [-0.25, -0.2) is 4.79 Å². The van der Waals surface area contributed by atoms with Crippen molar-refractivity contribution in [3.05, 3.63) is 71.8 Å². The number of quaternary nitrogens is 1. The average molecular weight is 415 g/mol. The summed E-state index contributed by atoms with van der Waals surface area (Å²) in [6, 6.07) is 20.2. The summed E-state index contributed by atoms with van der Waals surface area (Å²) in [5.74, 6) is 0.752. The molecule has 4 heteroatoms. The number of esters is 1. The number of nitrogens with zero attached hydrogens (tertiary/aromatic N) is 1. The first-order chi connectivity index (χ1) is 14.0. The lowest BCUT2D eigenvalue weighted by atomic mass is 9.90. The number of unbranched alkanes of at least 4 members (excludes halogenated alkanes) is 1. The van der Waals surface area contributed by atoms with Crippen LogP contribution < -0.4 is 0 Å². The van der Waals surface area contributed by atoms with Crippen molar-refractivity contribution in [2.45, 2.75) is 38.4 Å². The fraction of sp³-hybridized carbons (Fsp3) is 0.480. The van der Waals surface area contributed by atoms with Crippen LogP contribution in [-0.4, -0.2) is 49.5 Å². The Morgan fingerprint density at radius 3 is 1.90 bits per heavy atom. The molecule has 0 aliphatic carbocycles. The second-order valence-electron chi connectivity index (χ2n) is 7.73. The van der Waals surface area contributed by atoms with Crippen LogP contribution in [0.25, 0.3) is 0 Å². The van der Waals surface area contributed by atoms with Crippen LogP contribution in [-0.2, 0) is 14.3 Å². The van der Waals surface area contributed by atoms with E-state index in [4.69, 9.17) is 4.74 Å². The molecule has 0 bridgehead atoms. The van der Waals surface area contributed by atoms with E-state index in [2.05, 4.69) is 27.8 Å². The lowest BCUT2D eigenvalue weighted by Crippen LogP contribution is -2.47. The third-order valence-electron chi connectivity index (χ3n) is 5.86. The van der Waals surface area contributed by atoms with Gasteiger partial charge in [0.15, 0.2) is 4.75 Å². The van der Waals surface area contributed by atoms with Gasteiger partial charge in [0.2, 0.25) is 0 Å². The average Bonchev–Trinajstić information content (AvgIpc) is 2.78. The third kappa shape index (κ3) is 5.86. The molecule has 0 aromatic heterocycles. The van der Waals surface area contributed by atoms with Crippen LogP contribution in [0.4, 0.5) is 0 Å². The highest BCUT2D eigenvalue weighted by molar-refractivity contribution is 8.01. The molecule has 0 fully saturated rings. The number of rotatable bonds is 12. The van der Waals surface area contributed by atoms with Gasteiger partial charge in [-0.2, -0.15) is 0 Å². The van der Waals surface area contributed by atoms with E-state index in [1.54, 1.807) is 11.8 Å². The van der Waals surface area contributed by atoms with Crippen molar-refractivity contribution in [2.24, 2.45) is 0 Å². The van der Waals surface area contributed by atoms with Gasteiger partial charge in [0.1, 0.15) is 13.2 Å². The number of hydrogen-bond donors (Lipinski definition) is 0. The van der Waals surface area contributed by atoms with E-state index in [0.717, 1.165) is 53.8 Å². The summed E-state index contributed by atoms with van der Waals surface area (Å²) < 4.78 is 6.04. The van der Waals surface area contributed by atoms with E-state index < -0.39 is 4.75 Å². The zero-order valence-electron chi connectivity index (χ0n) is 18.4. The van der Waals surface area contributed by atoms with E-state index in [1.165, 1.54) is 0 Å². The van der Waals surface area contributed by atoms with Crippen molar-refractivity contribution >= 4 is 17.7 Å². The molecular weight excluding hydrogens is 378 g/mol. The molecule has 0 radical (unpaired) electrons. The summed E-state index contributed by atoms with van der Waals surface area (Å²) in [6.45, 7) is 9.88. The maximum Gasteiger partial charge on any atom is 0.331 e. The van der Waals surface area contributed by atoms with Crippen molar-refractivity contribution < 1.29 is 14.0 Å². The zero-order chi connectivity index (χ0) is 21.2. The molecule has 0 N–H and O–H groups in total. The summed E-state index contributed by atoms with van der Waals surface area (Å²) in [6.07, 6.45) is 2.17. The van der Waals surface area contributed by atoms with Gasteiger partial charge in [-0.05, 0) is 37.1 Å². The Kier molecular flexibility index (Phi) is 9.25. The number of benzene rings is 2. The summed E-state index contributed by atoms with van der Waals surface area (Å²) in [5, 5.41) is 0. The maximum absolute atomic E-state index is 13.7. The van der Waals surface area contributed by atoms with Gasteiger partial charge < -0.3 is 9.22 Å². The topological polar surface area (TPSA) is 26.3 Å². The molecule has 0 aliphatic rings. The lowest BCUT2D eigenvalue weighted by molar-refractivity contribution is -0.906. The minimum atomic E-state index is -0.834. The molecule has 158 valence electrons. The first-order valence-corrected chi connectivity index (χ1v) is 11.8. The Labute approximate surface area is 181 Å². The van der Waals surface area contributed by atoms with Gasteiger partial charge in [-0.1, -0.05) is 74.0 Å². The van der Waals surface area contributed by atoms with Gasteiger partial charge in [0, 0.05) is 0 Å². The maximum atomic E-state index is 13.7. The molecule has 0 heterocycles. The molecule has 0 amide bonds. The Morgan fingerprint density at radius 2 is 1.45 bits per heavy atom. The van der Waals surface area contributed by atoms with Gasteiger partial charge in [-0.15, -0.1) is 11.8 Å². The minimum Gasteiger partial charge on any atom is -0.458 e. The summed E-state index contributed by atoms with van der Waals surface area (Å²) in [4.78, 5) is 13.7. The minimum absolute atomic E-state index is 0.158. The van der Waals surface area contributed by atoms with Gasteiger partial charge in [0.25, 0.3) is 0 Å². The second kappa shape index (κ2) is 11.4.